The molecule has 0 fully saturated rings. The van der Waals surface area contributed by atoms with Gasteiger partial charge in [-0.2, -0.15) is 0 Å². The zero-order valence-corrected chi connectivity index (χ0v) is 17.5. The summed E-state index contributed by atoms with van der Waals surface area (Å²) in [4.78, 5) is 7.97. The van der Waals surface area contributed by atoms with Crippen molar-refractivity contribution in [3.63, 3.8) is 0 Å². The summed E-state index contributed by atoms with van der Waals surface area (Å²) in [5.41, 5.74) is 3.70. The first-order chi connectivity index (χ1) is 15.2. The van der Waals surface area contributed by atoms with Crippen LogP contribution in [0.5, 0.6) is 11.5 Å². The Labute approximate surface area is 181 Å². The molecule has 0 aliphatic carbocycles. The highest BCUT2D eigenvalue weighted by Gasteiger charge is 2.08. The summed E-state index contributed by atoms with van der Waals surface area (Å²) in [7, 11) is 1.61. The summed E-state index contributed by atoms with van der Waals surface area (Å²) < 4.78 is 25.0. The maximum absolute atomic E-state index is 13.8. The van der Waals surface area contributed by atoms with Crippen molar-refractivity contribution >= 4 is 11.0 Å². The van der Waals surface area contributed by atoms with Gasteiger partial charge in [-0.25, -0.2) is 9.37 Å². The molecule has 3 aromatic carbocycles. The minimum atomic E-state index is -0.273. The Kier molecular flexibility index (Phi) is 6.79. The molecule has 0 spiro atoms. The first-order valence-corrected chi connectivity index (χ1v) is 10.4. The van der Waals surface area contributed by atoms with Gasteiger partial charge in [0.1, 0.15) is 18.2 Å². The van der Waals surface area contributed by atoms with Crippen molar-refractivity contribution in [3.05, 3.63) is 89.5 Å². The Morgan fingerprint density at radius 3 is 2.68 bits per heavy atom. The van der Waals surface area contributed by atoms with Crippen molar-refractivity contribution in [3.8, 4) is 11.5 Å². The van der Waals surface area contributed by atoms with Crippen LogP contribution in [0, 0.1) is 5.82 Å². The van der Waals surface area contributed by atoms with E-state index in [-0.39, 0.29) is 12.4 Å². The second-order valence-electron chi connectivity index (χ2n) is 7.35. The third kappa shape index (κ3) is 5.41. The number of fused-ring (bicyclic) bond motifs is 1. The Morgan fingerprint density at radius 2 is 1.84 bits per heavy atom. The minimum Gasteiger partial charge on any atom is -0.493 e. The Bertz CT molecular complexity index is 1110. The number of aromatic nitrogens is 2. The molecule has 5 nitrogen and oxygen atoms in total. The van der Waals surface area contributed by atoms with Gasteiger partial charge in [0, 0.05) is 18.5 Å². The summed E-state index contributed by atoms with van der Waals surface area (Å²) in [5, 5.41) is 3.45. The quantitative estimate of drug-likeness (QED) is 0.355. The lowest BCUT2D eigenvalue weighted by Crippen LogP contribution is -2.15. The van der Waals surface area contributed by atoms with Crippen LogP contribution < -0.4 is 14.8 Å². The fourth-order valence-electron chi connectivity index (χ4n) is 3.45. The van der Waals surface area contributed by atoms with Crippen LogP contribution >= 0.6 is 0 Å². The first-order valence-electron chi connectivity index (χ1n) is 10.4. The predicted molar refractivity (Wildman–Crippen MR) is 120 cm³/mol. The zero-order valence-electron chi connectivity index (χ0n) is 17.5. The SMILES string of the molecule is COc1cc(CNCCCc2nc3ccccc3[nH]2)ccc1OCc1ccccc1F. The van der Waals surface area contributed by atoms with E-state index in [0.717, 1.165) is 48.4 Å². The number of hydrogen-bond acceptors (Lipinski definition) is 4. The van der Waals surface area contributed by atoms with Gasteiger partial charge in [-0.05, 0) is 48.9 Å². The molecule has 0 unspecified atom stereocenters. The molecule has 6 heteroatoms. The fraction of sp³-hybridized carbons (Fsp3) is 0.240. The molecule has 0 radical (unpaired) electrons. The van der Waals surface area contributed by atoms with Crippen molar-refractivity contribution in [2.45, 2.75) is 26.0 Å². The van der Waals surface area contributed by atoms with Crippen molar-refractivity contribution in [2.75, 3.05) is 13.7 Å². The van der Waals surface area contributed by atoms with E-state index in [9.17, 15) is 4.39 Å². The van der Waals surface area contributed by atoms with Crippen molar-refractivity contribution in [1.82, 2.24) is 15.3 Å². The Morgan fingerprint density at radius 1 is 1.00 bits per heavy atom. The molecular formula is C25H26FN3O2. The second-order valence-corrected chi connectivity index (χ2v) is 7.35. The second kappa shape index (κ2) is 10.1. The highest BCUT2D eigenvalue weighted by molar-refractivity contribution is 5.74. The number of benzene rings is 3. The van der Waals surface area contributed by atoms with E-state index in [0.29, 0.717) is 17.1 Å². The highest BCUT2D eigenvalue weighted by atomic mass is 19.1. The summed E-state index contributed by atoms with van der Waals surface area (Å²) in [6, 6.07) is 20.5. The van der Waals surface area contributed by atoms with Crippen LogP contribution in [0.1, 0.15) is 23.4 Å². The number of nitrogens with zero attached hydrogens (tertiary/aromatic N) is 1. The number of halogens is 1. The normalized spacial score (nSPS) is 11.0. The summed E-state index contributed by atoms with van der Waals surface area (Å²) in [6.45, 7) is 1.76. The van der Waals surface area contributed by atoms with Crippen LogP contribution in [-0.2, 0) is 19.6 Å². The molecule has 0 aliphatic rings. The lowest BCUT2D eigenvalue weighted by atomic mass is 10.2. The smallest absolute Gasteiger partial charge is 0.161 e. The number of ether oxygens (including phenoxy) is 2. The molecule has 1 aromatic heterocycles. The first kappa shape index (κ1) is 20.9. The molecular weight excluding hydrogens is 393 g/mol. The molecule has 160 valence electrons. The molecule has 4 aromatic rings. The lowest BCUT2D eigenvalue weighted by Gasteiger charge is -2.13. The van der Waals surface area contributed by atoms with E-state index >= 15 is 0 Å². The van der Waals surface area contributed by atoms with Crippen LogP contribution in [0.3, 0.4) is 0 Å². The fourth-order valence-corrected chi connectivity index (χ4v) is 3.45. The van der Waals surface area contributed by atoms with Gasteiger partial charge in [0.15, 0.2) is 11.5 Å². The van der Waals surface area contributed by atoms with Crippen LogP contribution in [0.15, 0.2) is 66.7 Å². The molecule has 4 rings (SSSR count). The number of aromatic amines is 1. The highest BCUT2D eigenvalue weighted by Crippen LogP contribution is 2.29. The topological polar surface area (TPSA) is 59.2 Å². The van der Waals surface area contributed by atoms with Crippen LogP contribution in [0.2, 0.25) is 0 Å². The number of nitrogens with one attached hydrogen (secondary N) is 2. The van der Waals surface area contributed by atoms with Crippen molar-refractivity contribution in [1.29, 1.82) is 0 Å². The summed E-state index contributed by atoms with van der Waals surface area (Å²) >= 11 is 0. The third-order valence-corrected chi connectivity index (χ3v) is 5.10. The maximum atomic E-state index is 13.8. The maximum Gasteiger partial charge on any atom is 0.161 e. The standard InChI is InChI=1S/C25H26FN3O2/c1-30-24-15-18(12-13-23(24)31-17-19-7-2-3-8-20(19)26)16-27-14-6-11-25-28-21-9-4-5-10-22(21)29-25/h2-5,7-10,12-13,15,27H,6,11,14,16-17H2,1H3,(H,28,29). The van der Waals surface area contributed by atoms with E-state index in [1.165, 1.54) is 6.07 Å². The van der Waals surface area contributed by atoms with Gasteiger partial charge in [0.25, 0.3) is 0 Å². The minimum absolute atomic E-state index is 0.155. The van der Waals surface area contributed by atoms with Gasteiger partial charge in [-0.1, -0.05) is 36.4 Å². The van der Waals surface area contributed by atoms with Crippen molar-refractivity contribution < 1.29 is 13.9 Å². The van der Waals surface area contributed by atoms with E-state index < -0.39 is 0 Å². The van der Waals surface area contributed by atoms with E-state index in [1.54, 1.807) is 25.3 Å². The predicted octanol–water partition coefficient (Wildman–Crippen LogP) is 5.01. The van der Waals surface area contributed by atoms with Gasteiger partial charge < -0.3 is 19.8 Å². The third-order valence-electron chi connectivity index (χ3n) is 5.10. The molecule has 0 saturated carbocycles. The van der Waals surface area contributed by atoms with Gasteiger partial charge in [-0.3, -0.25) is 0 Å². The van der Waals surface area contributed by atoms with Crippen LogP contribution in [-0.4, -0.2) is 23.6 Å². The number of methoxy groups -OCH3 is 1. The van der Waals surface area contributed by atoms with Crippen LogP contribution in [0.25, 0.3) is 11.0 Å². The molecule has 1 heterocycles. The van der Waals surface area contributed by atoms with Gasteiger partial charge >= 0.3 is 0 Å². The summed E-state index contributed by atoms with van der Waals surface area (Å²) in [6.07, 6.45) is 1.88. The zero-order chi connectivity index (χ0) is 21.5. The van der Waals surface area contributed by atoms with E-state index in [2.05, 4.69) is 15.3 Å². The number of imidazole rings is 1. The lowest BCUT2D eigenvalue weighted by molar-refractivity contribution is 0.279. The van der Waals surface area contributed by atoms with E-state index in [1.807, 2.05) is 42.5 Å². The van der Waals surface area contributed by atoms with Crippen LogP contribution in [0.4, 0.5) is 4.39 Å². The Hall–Kier alpha value is -3.38. The molecule has 0 amide bonds. The number of para-hydroxylation sites is 2. The number of H-pyrrole nitrogens is 1. The van der Waals surface area contributed by atoms with Gasteiger partial charge in [0.05, 0.1) is 18.1 Å². The van der Waals surface area contributed by atoms with Crippen molar-refractivity contribution in [2.24, 2.45) is 0 Å². The summed E-state index contributed by atoms with van der Waals surface area (Å²) in [5.74, 6) is 1.98. The average molecular weight is 420 g/mol. The number of aryl methyl sites for hydroxylation is 1. The molecule has 31 heavy (non-hydrogen) atoms. The Balaban J connectivity index is 1.25. The molecule has 0 atom stereocenters. The number of rotatable bonds is 10. The molecule has 0 bridgehead atoms. The largest absolute Gasteiger partial charge is 0.493 e. The van der Waals surface area contributed by atoms with E-state index in [4.69, 9.17) is 9.47 Å². The van der Waals surface area contributed by atoms with Gasteiger partial charge in [-0.15, -0.1) is 0 Å². The van der Waals surface area contributed by atoms with Gasteiger partial charge in [0.2, 0.25) is 0 Å². The molecule has 2 N–H and O–H groups in total. The average Bonchev–Trinajstić information content (AvgIpc) is 3.21. The number of hydrogen-bond donors (Lipinski definition) is 2. The monoisotopic (exact) mass is 419 g/mol. The molecule has 0 aliphatic heterocycles. The molecule has 0 saturated heterocycles.